The molecule has 0 unspecified atom stereocenters. The summed E-state index contributed by atoms with van der Waals surface area (Å²) >= 11 is 0. The minimum atomic E-state index is -5.00. The Hall–Kier alpha value is -3.15. The number of alkyl halides is 3. The van der Waals surface area contributed by atoms with Crippen LogP contribution in [0, 0.1) is 11.6 Å². The predicted octanol–water partition coefficient (Wildman–Crippen LogP) is 8.06. The van der Waals surface area contributed by atoms with Crippen LogP contribution in [-0.2, 0) is 19.3 Å². The highest BCUT2D eigenvalue weighted by molar-refractivity contribution is 5.73. The molecular weight excluding hydrogens is 435 g/mol. The van der Waals surface area contributed by atoms with E-state index in [9.17, 15) is 22.0 Å². The van der Waals surface area contributed by atoms with E-state index in [4.69, 9.17) is 0 Å². The number of aryl methyl sites for hydroxylation is 1. The largest absolute Gasteiger partial charge is 0.573 e. The van der Waals surface area contributed by atoms with Crippen molar-refractivity contribution in [3.05, 3.63) is 94.6 Å². The van der Waals surface area contributed by atoms with Crippen molar-refractivity contribution < 1.29 is 26.7 Å². The van der Waals surface area contributed by atoms with Gasteiger partial charge in [0.2, 0.25) is 0 Å². The zero-order valence-corrected chi connectivity index (χ0v) is 18.1. The second-order valence-electron chi connectivity index (χ2n) is 8.20. The molecule has 0 heterocycles. The van der Waals surface area contributed by atoms with E-state index in [1.165, 1.54) is 17.7 Å². The maximum absolute atomic E-state index is 14.9. The van der Waals surface area contributed by atoms with Gasteiger partial charge in [0, 0.05) is 5.56 Å². The maximum Gasteiger partial charge on any atom is 0.573 e. The summed E-state index contributed by atoms with van der Waals surface area (Å²) in [7, 11) is 0. The van der Waals surface area contributed by atoms with E-state index in [1.807, 2.05) is 0 Å². The summed E-state index contributed by atoms with van der Waals surface area (Å²) in [4.78, 5) is 0. The van der Waals surface area contributed by atoms with E-state index in [-0.39, 0.29) is 11.1 Å². The van der Waals surface area contributed by atoms with Crippen molar-refractivity contribution in [1.29, 1.82) is 0 Å². The van der Waals surface area contributed by atoms with Crippen LogP contribution >= 0.6 is 0 Å². The second kappa shape index (κ2) is 9.38. The van der Waals surface area contributed by atoms with Crippen LogP contribution in [-0.4, -0.2) is 6.36 Å². The predicted molar refractivity (Wildman–Crippen MR) is 119 cm³/mol. The molecule has 0 fully saturated rings. The van der Waals surface area contributed by atoms with Crippen LogP contribution in [0.25, 0.3) is 16.7 Å². The zero-order valence-electron chi connectivity index (χ0n) is 18.1. The van der Waals surface area contributed by atoms with E-state index in [0.29, 0.717) is 12.8 Å². The quantitative estimate of drug-likeness (QED) is 0.340. The first-order valence-corrected chi connectivity index (χ1v) is 10.9. The van der Waals surface area contributed by atoms with E-state index < -0.39 is 23.7 Å². The molecule has 0 spiro atoms. The lowest BCUT2D eigenvalue weighted by Gasteiger charge is -2.20. The maximum atomic E-state index is 14.9. The first kappa shape index (κ1) is 23.0. The van der Waals surface area contributed by atoms with Crippen molar-refractivity contribution >= 4 is 5.57 Å². The number of unbranched alkanes of at least 4 members (excludes halogenated alkanes) is 1. The van der Waals surface area contributed by atoms with Crippen molar-refractivity contribution in [1.82, 2.24) is 0 Å². The Morgan fingerprint density at radius 3 is 2.24 bits per heavy atom. The molecular formula is C27H23F5O. The molecule has 0 saturated heterocycles. The van der Waals surface area contributed by atoms with Crippen LogP contribution < -0.4 is 4.74 Å². The lowest BCUT2D eigenvalue weighted by atomic mass is 9.86. The second-order valence-corrected chi connectivity index (χ2v) is 8.20. The van der Waals surface area contributed by atoms with E-state index in [1.54, 1.807) is 6.07 Å². The first-order chi connectivity index (χ1) is 15.7. The minimum Gasteiger partial charge on any atom is -0.403 e. The third-order valence-corrected chi connectivity index (χ3v) is 5.85. The summed E-state index contributed by atoms with van der Waals surface area (Å²) in [5, 5.41) is 0. The Balaban J connectivity index is 1.55. The van der Waals surface area contributed by atoms with Gasteiger partial charge in [-0.25, -0.2) is 8.78 Å². The van der Waals surface area contributed by atoms with E-state index >= 15 is 0 Å². The van der Waals surface area contributed by atoms with E-state index in [2.05, 4.69) is 42.0 Å². The van der Waals surface area contributed by atoms with Gasteiger partial charge in [0.25, 0.3) is 0 Å². The van der Waals surface area contributed by atoms with Gasteiger partial charge < -0.3 is 4.74 Å². The SMILES string of the molecule is CCCCc1ccc(C2=CCc3cc(-c4ccc(OC(F)(F)F)c(F)c4)c(F)cc3C2)cc1. The van der Waals surface area contributed by atoms with Gasteiger partial charge in [0.15, 0.2) is 11.6 Å². The lowest BCUT2D eigenvalue weighted by Crippen LogP contribution is -2.17. The van der Waals surface area contributed by atoms with Crippen molar-refractivity contribution in [2.24, 2.45) is 0 Å². The summed E-state index contributed by atoms with van der Waals surface area (Å²) in [6, 6.07) is 14.5. The van der Waals surface area contributed by atoms with Crippen molar-refractivity contribution in [3.8, 4) is 16.9 Å². The fraction of sp³-hybridized carbons (Fsp3) is 0.259. The van der Waals surface area contributed by atoms with Gasteiger partial charge in [-0.1, -0.05) is 49.8 Å². The molecule has 0 atom stereocenters. The molecule has 1 nitrogen and oxygen atoms in total. The number of benzene rings is 3. The Bertz CT molecular complexity index is 1180. The average Bonchev–Trinajstić information content (AvgIpc) is 2.78. The molecule has 0 bridgehead atoms. The molecule has 0 saturated carbocycles. The van der Waals surface area contributed by atoms with Crippen LogP contribution in [0.15, 0.2) is 60.7 Å². The normalized spacial score (nSPS) is 13.5. The van der Waals surface area contributed by atoms with E-state index in [0.717, 1.165) is 53.7 Å². The third kappa shape index (κ3) is 5.44. The standard InChI is InChI=1S/C27H23F5O/c1-2-3-4-17-5-7-18(8-6-17)19-9-10-20-14-23(24(28)16-22(20)13-19)21-11-12-26(25(29)15-21)33-27(30,31)32/h5-9,11-12,14-16H,2-4,10,13H2,1H3. The van der Waals surface area contributed by atoms with Gasteiger partial charge in [0.05, 0.1) is 0 Å². The highest BCUT2D eigenvalue weighted by Crippen LogP contribution is 2.35. The van der Waals surface area contributed by atoms with Crippen LogP contribution in [0.1, 0.15) is 42.0 Å². The van der Waals surface area contributed by atoms with Crippen LogP contribution in [0.5, 0.6) is 5.75 Å². The Morgan fingerprint density at radius 1 is 0.848 bits per heavy atom. The molecule has 3 aromatic carbocycles. The number of halogens is 5. The molecule has 6 heteroatoms. The molecule has 4 rings (SSSR count). The third-order valence-electron chi connectivity index (χ3n) is 5.85. The Morgan fingerprint density at radius 2 is 1.58 bits per heavy atom. The topological polar surface area (TPSA) is 9.23 Å². The number of fused-ring (bicyclic) bond motifs is 1. The molecule has 0 radical (unpaired) electrons. The zero-order chi connectivity index (χ0) is 23.6. The first-order valence-electron chi connectivity index (χ1n) is 10.9. The summed E-state index contributed by atoms with van der Waals surface area (Å²) in [6.45, 7) is 2.16. The lowest BCUT2D eigenvalue weighted by molar-refractivity contribution is -0.275. The summed E-state index contributed by atoms with van der Waals surface area (Å²) in [5.41, 5.74) is 5.58. The van der Waals surface area contributed by atoms with Gasteiger partial charge >= 0.3 is 6.36 Å². The molecule has 1 aliphatic carbocycles. The highest BCUT2D eigenvalue weighted by Gasteiger charge is 2.32. The Labute approximate surface area is 189 Å². The summed E-state index contributed by atoms with van der Waals surface area (Å²) in [6.07, 6.45) is 1.62. The van der Waals surface area contributed by atoms with Crippen molar-refractivity contribution in [3.63, 3.8) is 0 Å². The Kier molecular flexibility index (Phi) is 6.54. The highest BCUT2D eigenvalue weighted by atomic mass is 19.4. The molecule has 33 heavy (non-hydrogen) atoms. The van der Waals surface area contributed by atoms with Gasteiger partial charge in [-0.05, 0) is 83.3 Å². The smallest absolute Gasteiger partial charge is 0.403 e. The van der Waals surface area contributed by atoms with Crippen molar-refractivity contribution in [2.45, 2.75) is 45.4 Å². The summed E-state index contributed by atoms with van der Waals surface area (Å²) in [5.74, 6) is -2.70. The monoisotopic (exact) mass is 458 g/mol. The van der Waals surface area contributed by atoms with Gasteiger partial charge in [-0.3, -0.25) is 0 Å². The number of hydrogen-bond donors (Lipinski definition) is 0. The molecule has 0 amide bonds. The number of hydrogen-bond acceptors (Lipinski definition) is 1. The number of allylic oxidation sites excluding steroid dienone is 2. The van der Waals surface area contributed by atoms with Crippen LogP contribution in [0.2, 0.25) is 0 Å². The molecule has 3 aromatic rings. The van der Waals surface area contributed by atoms with Crippen LogP contribution in [0.4, 0.5) is 22.0 Å². The summed E-state index contributed by atoms with van der Waals surface area (Å²) < 4.78 is 69.8. The number of ether oxygens (including phenoxy) is 1. The van der Waals surface area contributed by atoms with Gasteiger partial charge in [0.1, 0.15) is 5.82 Å². The van der Waals surface area contributed by atoms with Gasteiger partial charge in [-0.15, -0.1) is 13.2 Å². The molecule has 0 aromatic heterocycles. The van der Waals surface area contributed by atoms with Gasteiger partial charge in [-0.2, -0.15) is 0 Å². The molecule has 0 N–H and O–H groups in total. The fourth-order valence-electron chi connectivity index (χ4n) is 4.11. The average molecular weight is 458 g/mol. The van der Waals surface area contributed by atoms with Crippen molar-refractivity contribution in [2.75, 3.05) is 0 Å². The minimum absolute atomic E-state index is 0.142. The number of rotatable bonds is 6. The molecule has 0 aliphatic heterocycles. The fourth-order valence-corrected chi connectivity index (χ4v) is 4.11. The molecule has 172 valence electrons. The van der Waals surface area contributed by atoms with Crippen LogP contribution in [0.3, 0.4) is 0 Å². The molecule has 1 aliphatic rings.